The SMILES string of the molecule is C[C@H](OC(=O)CCCc1nc2ccccc2s1)C(N)=O. The number of hydrogen-bond donors (Lipinski definition) is 1. The third-order valence-electron chi connectivity index (χ3n) is 2.82. The fraction of sp³-hybridized carbons (Fsp3) is 0.357. The van der Waals surface area contributed by atoms with Gasteiger partial charge in [0.1, 0.15) is 0 Å². The Morgan fingerprint density at radius 1 is 1.40 bits per heavy atom. The second kappa shape index (κ2) is 6.47. The Balaban J connectivity index is 1.81. The number of rotatable bonds is 6. The number of aromatic nitrogens is 1. The van der Waals surface area contributed by atoms with E-state index in [9.17, 15) is 9.59 Å². The lowest BCUT2D eigenvalue weighted by atomic mass is 10.2. The maximum Gasteiger partial charge on any atom is 0.306 e. The van der Waals surface area contributed by atoms with Crippen LogP contribution >= 0.6 is 11.3 Å². The normalized spacial score (nSPS) is 12.2. The van der Waals surface area contributed by atoms with Gasteiger partial charge in [0.05, 0.1) is 15.2 Å². The van der Waals surface area contributed by atoms with Gasteiger partial charge in [0, 0.05) is 6.42 Å². The monoisotopic (exact) mass is 292 g/mol. The molecule has 1 heterocycles. The van der Waals surface area contributed by atoms with E-state index in [1.807, 2.05) is 24.3 Å². The largest absolute Gasteiger partial charge is 0.453 e. The molecule has 1 atom stereocenters. The summed E-state index contributed by atoms with van der Waals surface area (Å²) in [5.41, 5.74) is 6.01. The summed E-state index contributed by atoms with van der Waals surface area (Å²) < 4.78 is 6.02. The van der Waals surface area contributed by atoms with E-state index in [1.54, 1.807) is 11.3 Å². The molecule has 0 radical (unpaired) electrons. The third kappa shape index (κ3) is 3.77. The number of esters is 1. The summed E-state index contributed by atoms with van der Waals surface area (Å²) >= 11 is 1.63. The van der Waals surface area contributed by atoms with Gasteiger partial charge in [-0.3, -0.25) is 9.59 Å². The zero-order chi connectivity index (χ0) is 14.5. The maximum atomic E-state index is 11.5. The molecule has 0 bridgehead atoms. The molecule has 5 nitrogen and oxygen atoms in total. The molecule has 0 fully saturated rings. The molecule has 0 unspecified atom stereocenters. The van der Waals surface area contributed by atoms with Gasteiger partial charge >= 0.3 is 5.97 Å². The topological polar surface area (TPSA) is 82.3 Å². The molecule has 2 N–H and O–H groups in total. The number of ether oxygens (including phenoxy) is 1. The molecule has 20 heavy (non-hydrogen) atoms. The van der Waals surface area contributed by atoms with Crippen LogP contribution in [0.1, 0.15) is 24.8 Å². The van der Waals surface area contributed by atoms with Gasteiger partial charge in [-0.05, 0) is 31.9 Å². The standard InChI is InChI=1S/C14H16N2O3S/c1-9(14(15)18)19-13(17)8-4-7-12-16-10-5-2-3-6-11(10)20-12/h2-3,5-6,9H,4,7-8H2,1H3,(H2,15,18)/t9-/m0/s1. The molecule has 1 aromatic heterocycles. The van der Waals surface area contributed by atoms with Crippen LogP contribution in [0.3, 0.4) is 0 Å². The second-order valence-electron chi connectivity index (χ2n) is 4.46. The average molecular weight is 292 g/mol. The Kier molecular flexibility index (Phi) is 4.68. The summed E-state index contributed by atoms with van der Waals surface area (Å²) in [6.07, 6.45) is 0.752. The van der Waals surface area contributed by atoms with Crippen LogP contribution in [0, 0.1) is 0 Å². The quantitative estimate of drug-likeness (QED) is 0.826. The van der Waals surface area contributed by atoms with Gasteiger partial charge in [-0.2, -0.15) is 0 Å². The van der Waals surface area contributed by atoms with Crippen LogP contribution in [0.2, 0.25) is 0 Å². The molecule has 0 saturated carbocycles. The van der Waals surface area contributed by atoms with Crippen molar-refractivity contribution < 1.29 is 14.3 Å². The number of nitrogens with two attached hydrogens (primary N) is 1. The van der Waals surface area contributed by atoms with Crippen LogP contribution in [0.15, 0.2) is 24.3 Å². The molecular formula is C14H16N2O3S. The lowest BCUT2D eigenvalue weighted by Crippen LogP contribution is -2.30. The summed E-state index contributed by atoms with van der Waals surface area (Å²) in [5, 5.41) is 1.00. The summed E-state index contributed by atoms with van der Waals surface area (Å²) in [7, 11) is 0. The Hall–Kier alpha value is -1.95. The minimum absolute atomic E-state index is 0.257. The van der Waals surface area contributed by atoms with Crippen molar-refractivity contribution in [2.45, 2.75) is 32.3 Å². The molecule has 1 amide bonds. The molecule has 0 spiro atoms. The first-order valence-electron chi connectivity index (χ1n) is 6.39. The Labute approximate surface area is 120 Å². The highest BCUT2D eigenvalue weighted by molar-refractivity contribution is 7.18. The van der Waals surface area contributed by atoms with Crippen LogP contribution in [0.5, 0.6) is 0 Å². The number of benzene rings is 1. The number of carbonyl (C=O) groups excluding carboxylic acids is 2. The molecule has 0 saturated heterocycles. The first-order valence-corrected chi connectivity index (χ1v) is 7.21. The van der Waals surface area contributed by atoms with Gasteiger partial charge in [0.25, 0.3) is 5.91 Å². The molecule has 2 rings (SSSR count). The van der Waals surface area contributed by atoms with E-state index in [0.29, 0.717) is 6.42 Å². The molecule has 2 aromatic rings. The first-order chi connectivity index (χ1) is 9.56. The third-order valence-corrected chi connectivity index (χ3v) is 3.91. The Bertz CT molecular complexity index is 591. The summed E-state index contributed by atoms with van der Waals surface area (Å²) in [5.74, 6) is -1.04. The van der Waals surface area contributed by atoms with Crippen molar-refractivity contribution >= 4 is 33.4 Å². The highest BCUT2D eigenvalue weighted by atomic mass is 32.1. The smallest absolute Gasteiger partial charge is 0.306 e. The van der Waals surface area contributed by atoms with Crippen molar-refractivity contribution in [2.24, 2.45) is 5.73 Å². The van der Waals surface area contributed by atoms with E-state index >= 15 is 0 Å². The fourth-order valence-corrected chi connectivity index (χ4v) is 2.73. The van der Waals surface area contributed by atoms with Gasteiger partial charge in [0.15, 0.2) is 6.10 Å². The van der Waals surface area contributed by atoms with Gasteiger partial charge in [-0.1, -0.05) is 12.1 Å². The fourth-order valence-electron chi connectivity index (χ4n) is 1.72. The van der Waals surface area contributed by atoms with Crippen molar-refractivity contribution in [3.05, 3.63) is 29.3 Å². The number of amides is 1. The van der Waals surface area contributed by atoms with Crippen LogP contribution in [0.4, 0.5) is 0 Å². The highest BCUT2D eigenvalue weighted by Gasteiger charge is 2.14. The lowest BCUT2D eigenvalue weighted by molar-refractivity contribution is -0.153. The first kappa shape index (κ1) is 14.5. The van der Waals surface area contributed by atoms with Gasteiger partial charge in [-0.15, -0.1) is 11.3 Å². The zero-order valence-electron chi connectivity index (χ0n) is 11.2. The van der Waals surface area contributed by atoms with Crippen LogP contribution in [-0.4, -0.2) is 23.0 Å². The molecular weight excluding hydrogens is 276 g/mol. The van der Waals surface area contributed by atoms with Crippen molar-refractivity contribution in [2.75, 3.05) is 0 Å². The molecule has 1 aromatic carbocycles. The second-order valence-corrected chi connectivity index (χ2v) is 5.58. The number of thiazole rings is 1. The summed E-state index contributed by atoms with van der Waals surface area (Å²) in [6, 6.07) is 7.93. The van der Waals surface area contributed by atoms with Crippen LogP contribution < -0.4 is 5.73 Å². The Morgan fingerprint density at radius 3 is 2.85 bits per heavy atom. The van der Waals surface area contributed by atoms with Gasteiger partial charge in [-0.25, -0.2) is 4.98 Å². The molecule has 0 aliphatic carbocycles. The number of nitrogens with zero attached hydrogens (tertiary/aromatic N) is 1. The van der Waals surface area contributed by atoms with Crippen LogP contribution in [0.25, 0.3) is 10.2 Å². The van der Waals surface area contributed by atoms with E-state index in [2.05, 4.69) is 4.98 Å². The van der Waals surface area contributed by atoms with Gasteiger partial charge < -0.3 is 10.5 Å². The number of fused-ring (bicyclic) bond motifs is 1. The highest BCUT2D eigenvalue weighted by Crippen LogP contribution is 2.22. The van der Waals surface area contributed by atoms with Crippen molar-refractivity contribution in [3.8, 4) is 0 Å². The molecule has 0 aliphatic rings. The van der Waals surface area contributed by atoms with Crippen molar-refractivity contribution in [1.82, 2.24) is 4.98 Å². The minimum Gasteiger partial charge on any atom is -0.453 e. The predicted octanol–water partition coefficient (Wildman–Crippen LogP) is 2.04. The minimum atomic E-state index is -0.870. The lowest BCUT2D eigenvalue weighted by Gasteiger charge is -2.08. The number of hydrogen-bond acceptors (Lipinski definition) is 5. The van der Waals surface area contributed by atoms with E-state index in [1.165, 1.54) is 6.92 Å². The van der Waals surface area contributed by atoms with Crippen molar-refractivity contribution in [3.63, 3.8) is 0 Å². The molecule has 6 heteroatoms. The summed E-state index contributed by atoms with van der Waals surface area (Å²) in [4.78, 5) is 26.7. The van der Waals surface area contributed by atoms with E-state index in [4.69, 9.17) is 10.5 Å². The van der Waals surface area contributed by atoms with E-state index < -0.39 is 18.0 Å². The average Bonchev–Trinajstić information content (AvgIpc) is 2.81. The van der Waals surface area contributed by atoms with E-state index in [-0.39, 0.29) is 6.42 Å². The maximum absolute atomic E-state index is 11.5. The molecule has 106 valence electrons. The Morgan fingerprint density at radius 2 is 2.15 bits per heavy atom. The number of para-hydroxylation sites is 1. The summed E-state index contributed by atoms with van der Waals surface area (Å²) in [6.45, 7) is 1.47. The number of primary amides is 1. The van der Waals surface area contributed by atoms with Crippen LogP contribution in [-0.2, 0) is 20.7 Å². The number of aryl methyl sites for hydroxylation is 1. The predicted molar refractivity (Wildman–Crippen MR) is 77.3 cm³/mol. The zero-order valence-corrected chi connectivity index (χ0v) is 12.0. The molecule has 0 aliphatic heterocycles. The van der Waals surface area contributed by atoms with Crippen molar-refractivity contribution in [1.29, 1.82) is 0 Å². The number of carbonyl (C=O) groups is 2. The van der Waals surface area contributed by atoms with Gasteiger partial charge in [0.2, 0.25) is 0 Å². The van der Waals surface area contributed by atoms with E-state index in [0.717, 1.165) is 21.6 Å².